The van der Waals surface area contributed by atoms with Crippen molar-refractivity contribution in [3.63, 3.8) is 0 Å². The second kappa shape index (κ2) is 6.86. The predicted molar refractivity (Wildman–Crippen MR) is 84.6 cm³/mol. The van der Waals surface area contributed by atoms with Crippen molar-refractivity contribution >= 4 is 21.4 Å². The number of nitrogens with zero attached hydrogens (tertiary/aromatic N) is 2. The van der Waals surface area contributed by atoms with E-state index in [9.17, 15) is 8.42 Å². The molecule has 7 heteroatoms. The van der Waals surface area contributed by atoms with Gasteiger partial charge in [0.05, 0.1) is 4.90 Å². The van der Waals surface area contributed by atoms with E-state index < -0.39 is 10.0 Å². The van der Waals surface area contributed by atoms with E-state index in [1.807, 2.05) is 6.07 Å². The molecule has 114 valence electrons. The largest absolute Gasteiger partial charge is 0.411 e. The van der Waals surface area contributed by atoms with E-state index in [0.717, 1.165) is 0 Å². The number of hydrogen-bond donors (Lipinski definition) is 2. The van der Waals surface area contributed by atoms with Gasteiger partial charge in [0.25, 0.3) is 10.0 Å². The summed E-state index contributed by atoms with van der Waals surface area (Å²) in [5, 5.41) is 15.9. The van der Waals surface area contributed by atoms with E-state index in [1.54, 1.807) is 42.5 Å². The molecule has 2 aromatic carbocycles. The van der Waals surface area contributed by atoms with Gasteiger partial charge in [-0.05, 0) is 19.1 Å². The van der Waals surface area contributed by atoms with E-state index in [4.69, 9.17) is 5.21 Å². The molecular formula is C15H15N3O3S. The van der Waals surface area contributed by atoms with E-state index in [1.165, 1.54) is 19.1 Å². The molecule has 0 fully saturated rings. The van der Waals surface area contributed by atoms with Crippen LogP contribution in [0.15, 0.2) is 75.8 Å². The Morgan fingerprint density at radius 2 is 1.55 bits per heavy atom. The Bertz CT molecular complexity index is 785. The summed E-state index contributed by atoms with van der Waals surface area (Å²) in [5.74, 6) is 0. The molecule has 6 nitrogen and oxygen atoms in total. The molecule has 0 amide bonds. The van der Waals surface area contributed by atoms with Gasteiger partial charge in [-0.2, -0.15) is 18.4 Å². The van der Waals surface area contributed by atoms with Crippen molar-refractivity contribution in [1.29, 1.82) is 0 Å². The van der Waals surface area contributed by atoms with Crippen molar-refractivity contribution in [2.24, 2.45) is 10.3 Å². The zero-order valence-corrected chi connectivity index (χ0v) is 12.7. The monoisotopic (exact) mass is 317 g/mol. The smallest absolute Gasteiger partial charge is 0.276 e. The molecular weight excluding hydrogens is 302 g/mol. The average Bonchev–Trinajstić information content (AvgIpc) is 2.56. The maximum atomic E-state index is 12.2. The summed E-state index contributed by atoms with van der Waals surface area (Å²) in [5.41, 5.74) is 1.07. The molecule has 2 rings (SSSR count). The standard InChI is InChI=1S/C15H15N3O3S/c1-12(17-19)15(13-8-4-2-5-9-13)16-18-22(20,21)14-10-6-3-7-11-14/h2-11,18-19H,1H3. The number of hydrogen-bond acceptors (Lipinski definition) is 5. The number of rotatable bonds is 5. The molecule has 2 N–H and O–H groups in total. The molecule has 0 aliphatic rings. The quantitative estimate of drug-likeness (QED) is 0.503. The first-order valence-electron chi connectivity index (χ1n) is 6.43. The Morgan fingerprint density at radius 3 is 2.09 bits per heavy atom. The fourth-order valence-corrected chi connectivity index (χ4v) is 2.59. The first-order valence-corrected chi connectivity index (χ1v) is 7.92. The highest BCUT2D eigenvalue weighted by Crippen LogP contribution is 2.08. The number of nitrogens with one attached hydrogen (secondary N) is 1. The number of sulfonamides is 1. The fourth-order valence-electron chi connectivity index (χ4n) is 1.76. The molecule has 0 radical (unpaired) electrons. The van der Waals surface area contributed by atoms with Crippen LogP contribution in [0.1, 0.15) is 12.5 Å². The topological polar surface area (TPSA) is 91.1 Å². The Hall–Kier alpha value is -2.67. The summed E-state index contributed by atoms with van der Waals surface area (Å²) in [7, 11) is -3.78. The molecule has 0 unspecified atom stereocenters. The van der Waals surface area contributed by atoms with Crippen LogP contribution in [-0.2, 0) is 10.0 Å². The van der Waals surface area contributed by atoms with Crippen molar-refractivity contribution in [3.8, 4) is 0 Å². The van der Waals surface area contributed by atoms with Gasteiger partial charge in [-0.15, -0.1) is 0 Å². The molecule has 0 bridgehead atoms. The summed E-state index contributed by atoms with van der Waals surface area (Å²) in [6.07, 6.45) is 0. The zero-order valence-electron chi connectivity index (χ0n) is 11.8. The Morgan fingerprint density at radius 1 is 1.00 bits per heavy atom. The molecule has 0 aliphatic carbocycles. The van der Waals surface area contributed by atoms with Gasteiger partial charge in [-0.3, -0.25) is 0 Å². The number of benzene rings is 2. The first kappa shape index (κ1) is 15.7. The summed E-state index contributed by atoms with van der Waals surface area (Å²) < 4.78 is 24.3. The van der Waals surface area contributed by atoms with Gasteiger partial charge >= 0.3 is 0 Å². The SMILES string of the molecule is CC(=NO)C(=NNS(=O)(=O)c1ccccc1)c1ccccc1. The Balaban J connectivity index is 2.36. The second-order valence-electron chi connectivity index (χ2n) is 4.42. The Kier molecular flexibility index (Phi) is 4.90. The maximum Gasteiger partial charge on any atom is 0.276 e. The van der Waals surface area contributed by atoms with Crippen LogP contribution in [0.2, 0.25) is 0 Å². The number of oxime groups is 1. The lowest BCUT2D eigenvalue weighted by molar-refractivity contribution is 0.320. The molecule has 0 saturated heterocycles. The summed E-state index contributed by atoms with van der Waals surface area (Å²) >= 11 is 0. The summed E-state index contributed by atoms with van der Waals surface area (Å²) in [6.45, 7) is 1.53. The second-order valence-corrected chi connectivity index (χ2v) is 6.08. The van der Waals surface area contributed by atoms with Gasteiger partial charge in [0.15, 0.2) is 0 Å². The summed E-state index contributed by atoms with van der Waals surface area (Å²) in [4.78, 5) is 2.26. The van der Waals surface area contributed by atoms with E-state index in [0.29, 0.717) is 5.56 Å². The lowest BCUT2D eigenvalue weighted by Crippen LogP contribution is -2.23. The molecule has 0 atom stereocenters. The molecule has 0 saturated carbocycles. The molecule has 0 aliphatic heterocycles. The van der Waals surface area contributed by atoms with Crippen molar-refractivity contribution < 1.29 is 13.6 Å². The third-order valence-electron chi connectivity index (χ3n) is 2.87. The highest BCUT2D eigenvalue weighted by atomic mass is 32.2. The van der Waals surface area contributed by atoms with Gasteiger partial charge in [-0.25, -0.2) is 0 Å². The third kappa shape index (κ3) is 3.70. The van der Waals surface area contributed by atoms with Gasteiger partial charge in [-0.1, -0.05) is 53.7 Å². The van der Waals surface area contributed by atoms with E-state index in [2.05, 4.69) is 15.1 Å². The average molecular weight is 317 g/mol. The van der Waals surface area contributed by atoms with Crippen LogP contribution >= 0.6 is 0 Å². The molecule has 2 aromatic rings. The van der Waals surface area contributed by atoms with E-state index >= 15 is 0 Å². The van der Waals surface area contributed by atoms with Crippen LogP contribution in [0.3, 0.4) is 0 Å². The minimum atomic E-state index is -3.78. The van der Waals surface area contributed by atoms with E-state index in [-0.39, 0.29) is 16.3 Å². The highest BCUT2D eigenvalue weighted by Gasteiger charge is 2.14. The molecule has 22 heavy (non-hydrogen) atoms. The maximum absolute atomic E-state index is 12.2. The zero-order chi connectivity index (χ0) is 16.0. The van der Waals surface area contributed by atoms with Gasteiger partial charge in [0, 0.05) is 5.56 Å². The van der Waals surface area contributed by atoms with Crippen LogP contribution in [0.5, 0.6) is 0 Å². The lowest BCUT2D eigenvalue weighted by Gasteiger charge is -2.07. The van der Waals surface area contributed by atoms with Crippen LogP contribution < -0.4 is 4.83 Å². The fraction of sp³-hybridized carbons (Fsp3) is 0.0667. The predicted octanol–water partition coefficient (Wildman–Crippen LogP) is 2.22. The van der Waals surface area contributed by atoms with Crippen molar-refractivity contribution in [1.82, 2.24) is 4.83 Å². The van der Waals surface area contributed by atoms with Crippen molar-refractivity contribution in [2.75, 3.05) is 0 Å². The lowest BCUT2D eigenvalue weighted by atomic mass is 10.1. The van der Waals surface area contributed by atoms with Crippen molar-refractivity contribution in [2.45, 2.75) is 11.8 Å². The van der Waals surface area contributed by atoms with Crippen LogP contribution in [-0.4, -0.2) is 25.0 Å². The highest BCUT2D eigenvalue weighted by molar-refractivity contribution is 7.89. The van der Waals surface area contributed by atoms with Gasteiger partial charge in [0.1, 0.15) is 11.4 Å². The first-order chi connectivity index (χ1) is 10.5. The van der Waals surface area contributed by atoms with Gasteiger partial charge < -0.3 is 5.21 Å². The third-order valence-corrected chi connectivity index (χ3v) is 4.10. The molecule has 0 aromatic heterocycles. The molecule has 0 spiro atoms. The minimum absolute atomic E-state index is 0.102. The summed E-state index contributed by atoms with van der Waals surface area (Å²) in [6, 6.07) is 16.8. The van der Waals surface area contributed by atoms with Crippen LogP contribution in [0.25, 0.3) is 0 Å². The number of hydrazone groups is 1. The normalized spacial score (nSPS) is 13.0. The van der Waals surface area contributed by atoms with Crippen LogP contribution in [0, 0.1) is 0 Å². The van der Waals surface area contributed by atoms with Crippen LogP contribution in [0.4, 0.5) is 0 Å². The Labute approximate surface area is 128 Å². The van der Waals surface area contributed by atoms with Crippen molar-refractivity contribution in [3.05, 3.63) is 66.2 Å². The molecule has 0 heterocycles. The minimum Gasteiger partial charge on any atom is -0.411 e. The van der Waals surface area contributed by atoms with Gasteiger partial charge in [0.2, 0.25) is 0 Å².